The summed E-state index contributed by atoms with van der Waals surface area (Å²) < 4.78 is 0.0296. The summed E-state index contributed by atoms with van der Waals surface area (Å²) >= 11 is 4.50. The summed E-state index contributed by atoms with van der Waals surface area (Å²) in [4.78, 5) is 10.7. The Bertz CT molecular complexity index is 157. The second kappa shape index (κ2) is 4.75. The van der Waals surface area contributed by atoms with Gasteiger partial charge in [0.05, 0.1) is 0 Å². The largest absolute Gasteiger partial charge is 0.354 e. The second-order valence-corrected chi connectivity index (χ2v) is 4.74. The van der Waals surface area contributed by atoms with Gasteiger partial charge in [0.1, 0.15) is 0 Å². The fourth-order valence-corrected chi connectivity index (χ4v) is 1.48. The minimum absolute atomic E-state index is 0.0296. The SMILES string of the molecule is CCC(C)(S)CC(C)NC(C)=O. The van der Waals surface area contributed by atoms with Crippen molar-refractivity contribution >= 4 is 18.5 Å². The fraction of sp³-hybridized carbons (Fsp3) is 0.889. The van der Waals surface area contributed by atoms with E-state index in [4.69, 9.17) is 0 Å². The lowest BCUT2D eigenvalue weighted by atomic mass is 9.99. The maximum atomic E-state index is 10.7. The van der Waals surface area contributed by atoms with Crippen molar-refractivity contribution in [2.45, 2.75) is 51.3 Å². The molecule has 2 atom stereocenters. The third-order valence-electron chi connectivity index (χ3n) is 1.96. The molecule has 0 bridgehead atoms. The highest BCUT2D eigenvalue weighted by molar-refractivity contribution is 7.81. The molecule has 72 valence electrons. The van der Waals surface area contributed by atoms with Crippen molar-refractivity contribution in [3.05, 3.63) is 0 Å². The van der Waals surface area contributed by atoms with Crippen LogP contribution in [-0.4, -0.2) is 16.7 Å². The zero-order valence-electron chi connectivity index (χ0n) is 8.35. The van der Waals surface area contributed by atoms with Crippen LogP contribution in [0.15, 0.2) is 0 Å². The predicted molar refractivity (Wildman–Crippen MR) is 55.6 cm³/mol. The molecule has 0 aromatic carbocycles. The molecule has 0 heterocycles. The Labute approximate surface area is 80.5 Å². The molecule has 0 aliphatic heterocycles. The van der Waals surface area contributed by atoms with E-state index in [9.17, 15) is 4.79 Å². The van der Waals surface area contributed by atoms with Crippen molar-refractivity contribution in [2.24, 2.45) is 0 Å². The van der Waals surface area contributed by atoms with Gasteiger partial charge in [0.15, 0.2) is 0 Å². The lowest BCUT2D eigenvalue weighted by Crippen LogP contribution is -2.35. The van der Waals surface area contributed by atoms with Crippen LogP contribution in [0.4, 0.5) is 0 Å². The molecule has 0 rings (SSSR count). The Balaban J connectivity index is 3.83. The van der Waals surface area contributed by atoms with Crippen molar-refractivity contribution in [1.29, 1.82) is 0 Å². The summed E-state index contributed by atoms with van der Waals surface area (Å²) in [6.45, 7) is 7.74. The van der Waals surface area contributed by atoms with Crippen LogP contribution < -0.4 is 5.32 Å². The zero-order chi connectivity index (χ0) is 9.78. The first-order chi connectivity index (χ1) is 5.37. The van der Waals surface area contributed by atoms with Gasteiger partial charge in [0.25, 0.3) is 0 Å². The molecule has 2 nitrogen and oxygen atoms in total. The highest BCUT2D eigenvalue weighted by atomic mass is 32.1. The summed E-state index contributed by atoms with van der Waals surface area (Å²) in [6, 6.07) is 0.213. The Kier molecular flexibility index (Phi) is 4.68. The second-order valence-electron chi connectivity index (χ2n) is 3.66. The van der Waals surface area contributed by atoms with Crippen LogP contribution >= 0.6 is 12.6 Å². The van der Waals surface area contributed by atoms with Crippen molar-refractivity contribution < 1.29 is 4.79 Å². The van der Waals surface area contributed by atoms with Crippen molar-refractivity contribution in [1.82, 2.24) is 5.32 Å². The zero-order valence-corrected chi connectivity index (χ0v) is 9.24. The molecule has 1 N–H and O–H groups in total. The van der Waals surface area contributed by atoms with Crippen molar-refractivity contribution in [2.75, 3.05) is 0 Å². The first-order valence-electron chi connectivity index (χ1n) is 4.37. The molecule has 0 spiro atoms. The van der Waals surface area contributed by atoms with Gasteiger partial charge in [-0.3, -0.25) is 4.79 Å². The molecule has 0 fully saturated rings. The van der Waals surface area contributed by atoms with Gasteiger partial charge in [-0.25, -0.2) is 0 Å². The lowest BCUT2D eigenvalue weighted by Gasteiger charge is -2.25. The Hall–Kier alpha value is -0.180. The Morgan fingerprint density at radius 2 is 2.17 bits per heavy atom. The third-order valence-corrected chi connectivity index (χ3v) is 2.46. The van der Waals surface area contributed by atoms with Crippen LogP contribution in [0.3, 0.4) is 0 Å². The quantitative estimate of drug-likeness (QED) is 0.651. The first-order valence-corrected chi connectivity index (χ1v) is 4.81. The van der Waals surface area contributed by atoms with Crippen LogP contribution in [-0.2, 0) is 4.79 Å². The summed E-state index contributed by atoms with van der Waals surface area (Å²) in [7, 11) is 0. The summed E-state index contributed by atoms with van der Waals surface area (Å²) in [5, 5.41) is 2.85. The minimum Gasteiger partial charge on any atom is -0.354 e. The minimum atomic E-state index is 0.0296. The molecular weight excluding hydrogens is 170 g/mol. The van der Waals surface area contributed by atoms with Crippen LogP contribution in [0.25, 0.3) is 0 Å². The van der Waals surface area contributed by atoms with E-state index in [0.717, 1.165) is 12.8 Å². The maximum Gasteiger partial charge on any atom is 0.217 e. The Morgan fingerprint density at radius 3 is 2.50 bits per heavy atom. The maximum absolute atomic E-state index is 10.7. The van der Waals surface area contributed by atoms with E-state index in [1.54, 1.807) is 0 Å². The van der Waals surface area contributed by atoms with E-state index in [0.29, 0.717) is 0 Å². The molecule has 2 unspecified atom stereocenters. The standard InChI is InChI=1S/C9H19NOS/c1-5-9(4,12)6-7(2)10-8(3)11/h7,12H,5-6H2,1-4H3,(H,10,11). The highest BCUT2D eigenvalue weighted by Gasteiger charge is 2.19. The van der Waals surface area contributed by atoms with Gasteiger partial charge in [-0.2, -0.15) is 12.6 Å². The predicted octanol–water partition coefficient (Wildman–Crippen LogP) is 2.00. The Morgan fingerprint density at radius 1 is 1.67 bits per heavy atom. The molecule has 0 aromatic heterocycles. The molecule has 3 heteroatoms. The number of hydrogen-bond acceptors (Lipinski definition) is 2. The molecule has 0 saturated carbocycles. The molecule has 0 aliphatic carbocycles. The van der Waals surface area contributed by atoms with Crippen molar-refractivity contribution in [3.63, 3.8) is 0 Å². The van der Waals surface area contributed by atoms with Crippen molar-refractivity contribution in [3.8, 4) is 0 Å². The number of nitrogens with one attached hydrogen (secondary N) is 1. The van der Waals surface area contributed by atoms with E-state index in [1.807, 2.05) is 6.92 Å². The molecule has 0 saturated heterocycles. The van der Waals surface area contributed by atoms with Crippen LogP contribution in [0, 0.1) is 0 Å². The molecular formula is C9H19NOS. The number of rotatable bonds is 4. The monoisotopic (exact) mass is 189 g/mol. The normalized spacial score (nSPS) is 18.1. The number of amides is 1. The first kappa shape index (κ1) is 11.8. The fourth-order valence-electron chi connectivity index (χ4n) is 1.20. The lowest BCUT2D eigenvalue weighted by molar-refractivity contribution is -0.119. The molecule has 0 radical (unpaired) electrons. The third kappa shape index (κ3) is 5.47. The van der Waals surface area contributed by atoms with E-state index in [-0.39, 0.29) is 16.7 Å². The van der Waals surface area contributed by atoms with Gasteiger partial charge in [-0.1, -0.05) is 13.8 Å². The van der Waals surface area contributed by atoms with Gasteiger partial charge in [0.2, 0.25) is 5.91 Å². The number of thiol groups is 1. The summed E-state index contributed by atoms with van der Waals surface area (Å²) in [5.41, 5.74) is 0. The highest BCUT2D eigenvalue weighted by Crippen LogP contribution is 2.23. The van der Waals surface area contributed by atoms with Gasteiger partial charge in [0, 0.05) is 17.7 Å². The topological polar surface area (TPSA) is 29.1 Å². The average Bonchev–Trinajstić information content (AvgIpc) is 1.84. The number of carbonyl (C=O) groups excluding carboxylic acids is 1. The smallest absolute Gasteiger partial charge is 0.217 e. The van der Waals surface area contributed by atoms with Crippen LogP contribution in [0.1, 0.15) is 40.5 Å². The molecule has 0 aromatic rings. The van der Waals surface area contributed by atoms with E-state index < -0.39 is 0 Å². The number of carbonyl (C=O) groups is 1. The van der Waals surface area contributed by atoms with Gasteiger partial charge < -0.3 is 5.32 Å². The molecule has 1 amide bonds. The molecule has 0 aliphatic rings. The van der Waals surface area contributed by atoms with Crippen LogP contribution in [0.5, 0.6) is 0 Å². The molecule has 12 heavy (non-hydrogen) atoms. The van der Waals surface area contributed by atoms with Crippen LogP contribution in [0.2, 0.25) is 0 Å². The van der Waals surface area contributed by atoms with E-state index in [2.05, 4.69) is 31.8 Å². The van der Waals surface area contributed by atoms with Gasteiger partial charge >= 0.3 is 0 Å². The number of hydrogen-bond donors (Lipinski definition) is 2. The van der Waals surface area contributed by atoms with E-state index in [1.165, 1.54) is 6.92 Å². The van der Waals surface area contributed by atoms with E-state index >= 15 is 0 Å². The summed E-state index contributed by atoms with van der Waals surface area (Å²) in [6.07, 6.45) is 1.92. The summed E-state index contributed by atoms with van der Waals surface area (Å²) in [5.74, 6) is 0.0303. The van der Waals surface area contributed by atoms with Gasteiger partial charge in [-0.05, 0) is 19.8 Å². The van der Waals surface area contributed by atoms with Gasteiger partial charge in [-0.15, -0.1) is 0 Å². The average molecular weight is 189 g/mol.